The Labute approximate surface area is 124 Å². The number of hydrogen-bond acceptors (Lipinski definition) is 4. The van der Waals surface area contributed by atoms with Crippen LogP contribution >= 0.6 is 0 Å². The summed E-state index contributed by atoms with van der Waals surface area (Å²) >= 11 is 0. The van der Waals surface area contributed by atoms with Crippen LogP contribution < -0.4 is 10.6 Å². The van der Waals surface area contributed by atoms with Gasteiger partial charge >= 0.3 is 0 Å². The Morgan fingerprint density at radius 3 is 2.33 bits per heavy atom. The predicted octanol–water partition coefficient (Wildman–Crippen LogP) is 2.57. The molecule has 110 valence electrons. The van der Waals surface area contributed by atoms with Crippen molar-refractivity contribution in [1.29, 1.82) is 0 Å². The first-order valence-corrected chi connectivity index (χ1v) is 6.98. The fourth-order valence-corrected chi connectivity index (χ4v) is 1.89. The van der Waals surface area contributed by atoms with Crippen molar-refractivity contribution in [3.63, 3.8) is 0 Å². The Morgan fingerprint density at radius 2 is 1.81 bits per heavy atom. The summed E-state index contributed by atoms with van der Waals surface area (Å²) in [6.45, 7) is 5.03. The van der Waals surface area contributed by atoms with Gasteiger partial charge in [-0.15, -0.1) is 10.2 Å². The third kappa shape index (κ3) is 4.02. The van der Waals surface area contributed by atoms with Crippen molar-refractivity contribution in [3.8, 4) is 0 Å². The Balaban J connectivity index is 1.95. The Hall–Kier alpha value is -2.43. The molecule has 2 rings (SSSR count). The van der Waals surface area contributed by atoms with Gasteiger partial charge in [-0.1, -0.05) is 38.1 Å². The van der Waals surface area contributed by atoms with E-state index in [1.165, 1.54) is 11.1 Å². The first-order valence-electron chi connectivity index (χ1n) is 6.98. The minimum absolute atomic E-state index is 0.238. The van der Waals surface area contributed by atoms with Crippen LogP contribution in [0.5, 0.6) is 0 Å². The molecule has 1 aromatic heterocycles. The zero-order valence-corrected chi connectivity index (χ0v) is 12.6. The summed E-state index contributed by atoms with van der Waals surface area (Å²) < 4.78 is 0. The minimum Gasteiger partial charge on any atom is -0.365 e. The molecule has 0 unspecified atom stereocenters. The van der Waals surface area contributed by atoms with Gasteiger partial charge in [0.2, 0.25) is 0 Å². The quantitative estimate of drug-likeness (QED) is 0.885. The molecule has 0 saturated carbocycles. The number of amides is 1. The number of nitrogens with zero attached hydrogens (tertiary/aromatic N) is 2. The van der Waals surface area contributed by atoms with E-state index in [9.17, 15) is 4.79 Å². The summed E-state index contributed by atoms with van der Waals surface area (Å²) in [7, 11) is 1.57. The normalized spacial score (nSPS) is 10.5. The zero-order chi connectivity index (χ0) is 15.2. The third-order valence-electron chi connectivity index (χ3n) is 3.24. The second-order valence-corrected chi connectivity index (χ2v) is 5.13. The summed E-state index contributed by atoms with van der Waals surface area (Å²) in [5.41, 5.74) is 2.81. The number of carbonyl (C=O) groups excluding carboxylic acids is 1. The van der Waals surface area contributed by atoms with Gasteiger partial charge in [0.1, 0.15) is 5.82 Å². The summed E-state index contributed by atoms with van der Waals surface area (Å²) in [5, 5.41) is 13.6. The number of aromatic nitrogens is 2. The average Bonchev–Trinajstić information content (AvgIpc) is 2.53. The van der Waals surface area contributed by atoms with Gasteiger partial charge in [0.05, 0.1) is 0 Å². The number of nitrogens with one attached hydrogen (secondary N) is 2. The molecule has 0 aliphatic rings. The Kier molecular flexibility index (Phi) is 4.87. The molecule has 0 atom stereocenters. The maximum absolute atomic E-state index is 11.4. The molecule has 2 N–H and O–H groups in total. The highest BCUT2D eigenvalue weighted by atomic mass is 16.1. The Morgan fingerprint density at radius 1 is 1.10 bits per heavy atom. The summed E-state index contributed by atoms with van der Waals surface area (Å²) in [5.74, 6) is 0.948. The molecule has 1 heterocycles. The maximum atomic E-state index is 11.4. The molecule has 1 aromatic carbocycles. The number of rotatable bonds is 5. The van der Waals surface area contributed by atoms with Crippen LogP contribution in [0, 0.1) is 0 Å². The highest BCUT2D eigenvalue weighted by molar-refractivity contribution is 5.91. The third-order valence-corrected chi connectivity index (χ3v) is 3.24. The van der Waals surface area contributed by atoms with Crippen LogP contribution in [0.1, 0.15) is 41.4 Å². The molecule has 5 nitrogen and oxygen atoms in total. The van der Waals surface area contributed by atoms with Crippen LogP contribution in [-0.4, -0.2) is 23.2 Å². The first-order chi connectivity index (χ1) is 10.1. The molecular formula is C16H20N4O. The lowest BCUT2D eigenvalue weighted by Gasteiger charge is -2.08. The zero-order valence-electron chi connectivity index (χ0n) is 12.6. The lowest BCUT2D eigenvalue weighted by Crippen LogP contribution is -2.19. The lowest BCUT2D eigenvalue weighted by atomic mass is 10.0. The molecule has 0 fully saturated rings. The second kappa shape index (κ2) is 6.83. The standard InChI is InChI=1S/C16H20N4O/c1-11(2)13-6-4-12(5-7-13)10-18-15-9-8-14(19-20-15)16(21)17-3/h4-9,11H,10H2,1-3H3,(H,17,21)(H,18,20). The number of hydrogen-bond donors (Lipinski definition) is 2. The maximum Gasteiger partial charge on any atom is 0.271 e. The van der Waals surface area contributed by atoms with Crippen molar-refractivity contribution >= 4 is 11.7 Å². The van der Waals surface area contributed by atoms with Gasteiger partial charge in [0.15, 0.2) is 5.69 Å². The van der Waals surface area contributed by atoms with Gasteiger partial charge < -0.3 is 10.6 Å². The molecule has 21 heavy (non-hydrogen) atoms. The van der Waals surface area contributed by atoms with Crippen molar-refractivity contribution in [2.75, 3.05) is 12.4 Å². The van der Waals surface area contributed by atoms with Crippen LogP contribution in [-0.2, 0) is 6.54 Å². The van der Waals surface area contributed by atoms with Crippen LogP contribution in [0.4, 0.5) is 5.82 Å². The molecular weight excluding hydrogens is 264 g/mol. The largest absolute Gasteiger partial charge is 0.365 e. The lowest BCUT2D eigenvalue weighted by molar-refractivity contribution is 0.0957. The van der Waals surface area contributed by atoms with Crippen molar-refractivity contribution in [2.24, 2.45) is 0 Å². The van der Waals surface area contributed by atoms with Gasteiger partial charge in [-0.25, -0.2) is 0 Å². The van der Waals surface area contributed by atoms with Crippen molar-refractivity contribution in [1.82, 2.24) is 15.5 Å². The van der Waals surface area contributed by atoms with Crippen molar-refractivity contribution in [3.05, 3.63) is 53.2 Å². The van der Waals surface area contributed by atoms with Crippen LogP contribution in [0.2, 0.25) is 0 Å². The van der Waals surface area contributed by atoms with E-state index in [2.05, 4.69) is 58.9 Å². The first kappa shape index (κ1) is 15.0. The summed E-state index contributed by atoms with van der Waals surface area (Å²) in [4.78, 5) is 11.4. The van der Waals surface area contributed by atoms with Crippen LogP contribution in [0.25, 0.3) is 0 Å². The van der Waals surface area contributed by atoms with Crippen LogP contribution in [0.3, 0.4) is 0 Å². The Bertz CT molecular complexity index is 591. The van der Waals surface area contributed by atoms with Crippen molar-refractivity contribution in [2.45, 2.75) is 26.3 Å². The number of benzene rings is 1. The highest BCUT2D eigenvalue weighted by Crippen LogP contribution is 2.15. The van der Waals surface area contributed by atoms with Gasteiger partial charge in [-0.3, -0.25) is 4.79 Å². The van der Waals surface area contributed by atoms with E-state index in [1.54, 1.807) is 19.2 Å². The summed E-state index contributed by atoms with van der Waals surface area (Å²) in [6.07, 6.45) is 0. The molecule has 0 radical (unpaired) electrons. The predicted molar refractivity (Wildman–Crippen MR) is 83.3 cm³/mol. The SMILES string of the molecule is CNC(=O)c1ccc(NCc2ccc(C(C)C)cc2)nn1. The molecule has 0 aliphatic carbocycles. The van der Waals surface area contributed by atoms with E-state index < -0.39 is 0 Å². The monoisotopic (exact) mass is 284 g/mol. The van der Waals surface area contributed by atoms with Crippen molar-refractivity contribution < 1.29 is 4.79 Å². The van der Waals surface area contributed by atoms with Gasteiger partial charge in [-0.2, -0.15) is 0 Å². The van der Waals surface area contributed by atoms with E-state index in [1.807, 2.05) is 0 Å². The molecule has 5 heteroatoms. The van der Waals surface area contributed by atoms with E-state index in [0.29, 0.717) is 24.0 Å². The number of carbonyl (C=O) groups is 1. The van der Waals surface area contributed by atoms with Gasteiger partial charge in [0.25, 0.3) is 5.91 Å². The van der Waals surface area contributed by atoms with Crippen LogP contribution in [0.15, 0.2) is 36.4 Å². The topological polar surface area (TPSA) is 66.9 Å². The molecule has 0 aliphatic heterocycles. The minimum atomic E-state index is -0.238. The van der Waals surface area contributed by atoms with E-state index >= 15 is 0 Å². The van der Waals surface area contributed by atoms with Gasteiger partial charge in [0, 0.05) is 13.6 Å². The molecule has 0 spiro atoms. The highest BCUT2D eigenvalue weighted by Gasteiger charge is 2.05. The van der Waals surface area contributed by atoms with E-state index in [4.69, 9.17) is 0 Å². The molecule has 0 saturated heterocycles. The smallest absolute Gasteiger partial charge is 0.271 e. The fourth-order valence-electron chi connectivity index (χ4n) is 1.89. The number of anilines is 1. The molecule has 1 amide bonds. The second-order valence-electron chi connectivity index (χ2n) is 5.13. The fraction of sp³-hybridized carbons (Fsp3) is 0.312. The van der Waals surface area contributed by atoms with E-state index in [0.717, 1.165) is 0 Å². The molecule has 2 aromatic rings. The average molecular weight is 284 g/mol. The van der Waals surface area contributed by atoms with Gasteiger partial charge in [-0.05, 0) is 29.2 Å². The summed E-state index contributed by atoms with van der Waals surface area (Å²) in [6, 6.07) is 11.9. The van der Waals surface area contributed by atoms with E-state index in [-0.39, 0.29) is 5.91 Å². The molecule has 0 bridgehead atoms.